The van der Waals surface area contributed by atoms with E-state index in [1.54, 1.807) is 0 Å². The molecular formula is C18H15N5. The van der Waals surface area contributed by atoms with Crippen molar-refractivity contribution in [2.24, 2.45) is 20.6 Å². The third-order valence-corrected chi connectivity index (χ3v) is 3.01. The zero-order valence-electron chi connectivity index (χ0n) is 12.4. The van der Waals surface area contributed by atoms with Crippen LogP contribution in [0, 0.1) is 0 Å². The molecule has 0 atom stereocenters. The van der Waals surface area contributed by atoms with Gasteiger partial charge in [-0.15, -0.1) is 5.11 Å². The smallest absolute Gasteiger partial charge is 0.0875 e. The van der Waals surface area contributed by atoms with Crippen LogP contribution < -0.4 is 5.43 Å². The Kier molecular flexibility index (Phi) is 4.83. The summed E-state index contributed by atoms with van der Waals surface area (Å²) in [4.78, 5) is 0. The van der Waals surface area contributed by atoms with Crippen molar-refractivity contribution < 1.29 is 0 Å². The van der Waals surface area contributed by atoms with Gasteiger partial charge < -0.3 is 0 Å². The average molecular weight is 301 g/mol. The topological polar surface area (TPSA) is 61.5 Å². The number of hydrogen-bond acceptors (Lipinski definition) is 4. The van der Waals surface area contributed by atoms with Gasteiger partial charge in [-0.3, -0.25) is 5.43 Å². The first-order valence-corrected chi connectivity index (χ1v) is 7.19. The molecule has 0 aromatic heterocycles. The first-order chi connectivity index (χ1) is 11.4. The summed E-state index contributed by atoms with van der Waals surface area (Å²) in [7, 11) is 0. The van der Waals surface area contributed by atoms with E-state index in [4.69, 9.17) is 0 Å². The summed E-state index contributed by atoms with van der Waals surface area (Å²) in [6, 6.07) is 26.7. The fourth-order valence-corrected chi connectivity index (χ4v) is 1.85. The second kappa shape index (κ2) is 7.61. The van der Waals surface area contributed by atoms with Crippen LogP contribution in [0.5, 0.6) is 0 Å². The van der Waals surface area contributed by atoms with Gasteiger partial charge in [-0.25, -0.2) is 0 Å². The van der Waals surface area contributed by atoms with Crippen molar-refractivity contribution in [3.63, 3.8) is 0 Å². The van der Waals surface area contributed by atoms with Gasteiger partial charge in [0.2, 0.25) is 0 Å². The zero-order valence-corrected chi connectivity index (χ0v) is 12.4. The molecule has 112 valence electrons. The molecule has 1 N–H and O–H groups in total. The number of para-hydroxylation sites is 1. The van der Waals surface area contributed by atoms with Gasteiger partial charge in [-0.05, 0) is 48.5 Å². The van der Waals surface area contributed by atoms with E-state index in [1.807, 2.05) is 84.9 Å². The van der Waals surface area contributed by atoms with Crippen LogP contribution in [0.2, 0.25) is 0 Å². The number of hydrogen-bond donors (Lipinski definition) is 1. The summed E-state index contributed by atoms with van der Waals surface area (Å²) in [6.45, 7) is 0. The lowest BCUT2D eigenvalue weighted by atomic mass is 10.3. The van der Waals surface area contributed by atoms with Gasteiger partial charge in [0.15, 0.2) is 0 Å². The highest BCUT2D eigenvalue weighted by atomic mass is 15.4. The normalized spacial score (nSPS) is 11.1. The highest BCUT2D eigenvalue weighted by Gasteiger charge is 1.93. The van der Waals surface area contributed by atoms with Crippen molar-refractivity contribution in [1.29, 1.82) is 0 Å². The molecule has 0 radical (unpaired) electrons. The predicted octanol–water partition coefficient (Wildman–Crippen LogP) is 6.21. The van der Waals surface area contributed by atoms with Crippen molar-refractivity contribution in [1.82, 2.24) is 0 Å². The summed E-state index contributed by atoms with van der Waals surface area (Å²) in [5, 5.41) is 16.4. The second-order valence-electron chi connectivity index (χ2n) is 4.73. The Labute approximate surface area is 134 Å². The lowest BCUT2D eigenvalue weighted by molar-refractivity contribution is 1.13. The Balaban J connectivity index is 1.60. The molecule has 0 aliphatic carbocycles. The van der Waals surface area contributed by atoms with Crippen molar-refractivity contribution in [3.8, 4) is 0 Å². The summed E-state index contributed by atoms with van der Waals surface area (Å²) in [5.41, 5.74) is 6.10. The third kappa shape index (κ3) is 4.57. The Morgan fingerprint density at radius 1 is 0.478 bits per heavy atom. The summed E-state index contributed by atoms with van der Waals surface area (Å²) < 4.78 is 0. The molecule has 0 fully saturated rings. The van der Waals surface area contributed by atoms with Crippen LogP contribution in [-0.2, 0) is 0 Å². The quantitative estimate of drug-likeness (QED) is 0.441. The van der Waals surface area contributed by atoms with Crippen LogP contribution >= 0.6 is 0 Å². The first kappa shape index (κ1) is 14.6. The molecule has 0 saturated carbocycles. The number of azo groups is 1. The summed E-state index contributed by atoms with van der Waals surface area (Å²) in [5.74, 6) is 0. The maximum absolute atomic E-state index is 4.18. The van der Waals surface area contributed by atoms with E-state index < -0.39 is 0 Å². The van der Waals surface area contributed by atoms with E-state index in [1.165, 1.54) is 0 Å². The van der Waals surface area contributed by atoms with E-state index >= 15 is 0 Å². The van der Waals surface area contributed by atoms with Crippen LogP contribution in [-0.4, -0.2) is 0 Å². The monoisotopic (exact) mass is 301 g/mol. The molecule has 3 aromatic carbocycles. The molecule has 0 spiro atoms. The number of anilines is 1. The molecule has 5 heteroatoms. The molecule has 0 heterocycles. The van der Waals surface area contributed by atoms with E-state index in [2.05, 4.69) is 26.0 Å². The van der Waals surface area contributed by atoms with Crippen LogP contribution in [0.25, 0.3) is 0 Å². The third-order valence-electron chi connectivity index (χ3n) is 3.01. The van der Waals surface area contributed by atoms with Gasteiger partial charge in [0.05, 0.1) is 22.7 Å². The van der Waals surface area contributed by atoms with Gasteiger partial charge in [-0.1, -0.05) is 41.6 Å². The molecule has 0 saturated heterocycles. The SMILES string of the molecule is c1ccc(N=Nc2ccc(N=NNc3ccccc3)cc2)cc1. The molecule has 3 aromatic rings. The molecule has 3 rings (SSSR count). The average Bonchev–Trinajstić information content (AvgIpc) is 2.63. The Bertz CT molecular complexity index is 781. The molecular weight excluding hydrogens is 286 g/mol. The standard InChI is InChI=1S/C18H15N5/c1-3-7-15(8-4-1)19-20-17-11-13-18(14-12-17)22-23-21-16-9-5-2-6-10-16/h1-14H,(H,21,22). The lowest BCUT2D eigenvalue weighted by Gasteiger charge is -1.97. The van der Waals surface area contributed by atoms with E-state index in [9.17, 15) is 0 Å². The summed E-state index contributed by atoms with van der Waals surface area (Å²) in [6.07, 6.45) is 0. The molecule has 23 heavy (non-hydrogen) atoms. The largest absolute Gasteiger partial charge is 0.260 e. The fourth-order valence-electron chi connectivity index (χ4n) is 1.85. The minimum absolute atomic E-state index is 0.743. The molecule has 5 nitrogen and oxygen atoms in total. The fraction of sp³-hybridized carbons (Fsp3) is 0. The van der Waals surface area contributed by atoms with E-state index in [0.717, 1.165) is 22.7 Å². The highest BCUT2D eigenvalue weighted by Crippen LogP contribution is 2.21. The number of rotatable bonds is 5. The van der Waals surface area contributed by atoms with Gasteiger partial charge >= 0.3 is 0 Å². The van der Waals surface area contributed by atoms with Crippen molar-refractivity contribution in [3.05, 3.63) is 84.9 Å². The van der Waals surface area contributed by atoms with Gasteiger partial charge in [0.1, 0.15) is 0 Å². The van der Waals surface area contributed by atoms with Gasteiger partial charge in [0.25, 0.3) is 0 Å². The number of nitrogens with one attached hydrogen (secondary N) is 1. The van der Waals surface area contributed by atoms with Gasteiger partial charge in [-0.2, -0.15) is 10.2 Å². The number of nitrogens with zero attached hydrogens (tertiary/aromatic N) is 4. The Morgan fingerprint density at radius 2 is 0.957 bits per heavy atom. The predicted molar refractivity (Wildman–Crippen MR) is 91.6 cm³/mol. The molecule has 0 unspecified atom stereocenters. The van der Waals surface area contributed by atoms with Crippen LogP contribution in [0.1, 0.15) is 0 Å². The van der Waals surface area contributed by atoms with Crippen LogP contribution in [0.3, 0.4) is 0 Å². The number of benzene rings is 3. The van der Waals surface area contributed by atoms with E-state index in [-0.39, 0.29) is 0 Å². The summed E-state index contributed by atoms with van der Waals surface area (Å²) >= 11 is 0. The molecule has 0 amide bonds. The minimum Gasteiger partial charge on any atom is -0.260 e. The zero-order chi connectivity index (χ0) is 15.7. The van der Waals surface area contributed by atoms with Gasteiger partial charge in [0, 0.05) is 0 Å². The van der Waals surface area contributed by atoms with Crippen LogP contribution in [0.4, 0.5) is 22.7 Å². The van der Waals surface area contributed by atoms with Crippen molar-refractivity contribution in [2.45, 2.75) is 0 Å². The highest BCUT2D eigenvalue weighted by molar-refractivity contribution is 5.47. The molecule has 0 aliphatic rings. The maximum atomic E-state index is 4.18. The van der Waals surface area contributed by atoms with Crippen molar-refractivity contribution in [2.75, 3.05) is 5.43 Å². The molecule has 0 bridgehead atoms. The second-order valence-corrected chi connectivity index (χ2v) is 4.73. The first-order valence-electron chi connectivity index (χ1n) is 7.19. The van der Waals surface area contributed by atoms with Crippen LogP contribution in [0.15, 0.2) is 105 Å². The van der Waals surface area contributed by atoms with E-state index in [0.29, 0.717) is 0 Å². The minimum atomic E-state index is 0.743. The molecule has 0 aliphatic heterocycles. The Morgan fingerprint density at radius 3 is 1.57 bits per heavy atom. The lowest BCUT2D eigenvalue weighted by Crippen LogP contribution is -1.84. The van der Waals surface area contributed by atoms with Crippen molar-refractivity contribution >= 4 is 22.7 Å². The Hall–Kier alpha value is -3.34. The maximum Gasteiger partial charge on any atom is 0.0875 e.